The smallest absolute Gasteiger partial charge is 0.428 e. The third-order valence-corrected chi connectivity index (χ3v) is 7.54. The number of carbonyl (C=O) groups is 4. The van der Waals surface area contributed by atoms with Crippen LogP contribution in [0.2, 0.25) is 0 Å². The molecule has 6 atom stereocenters. The van der Waals surface area contributed by atoms with Crippen LogP contribution in [-0.4, -0.2) is 77.2 Å². The van der Waals surface area contributed by atoms with Crippen molar-refractivity contribution in [2.75, 3.05) is 20.3 Å². The number of nitrogens with zero attached hydrogens (tertiary/aromatic N) is 2. The minimum absolute atomic E-state index is 0.00713. The average Bonchev–Trinajstić information content (AvgIpc) is 3.16. The van der Waals surface area contributed by atoms with Crippen molar-refractivity contribution >= 4 is 29.6 Å². The summed E-state index contributed by atoms with van der Waals surface area (Å²) in [5, 5.41) is 25.6. The molecule has 2 aliphatic carbocycles. The molecule has 1 aromatic carbocycles. The number of ether oxygens (including phenoxy) is 3. The summed E-state index contributed by atoms with van der Waals surface area (Å²) in [6.45, 7) is 1.78. The number of aliphatic hydroxyl groups is 2. The molecular weight excluding hydrogens is 498 g/mol. The van der Waals surface area contributed by atoms with Crippen LogP contribution in [0, 0.1) is 23.7 Å². The fourth-order valence-corrected chi connectivity index (χ4v) is 5.74. The van der Waals surface area contributed by atoms with Crippen molar-refractivity contribution in [3.05, 3.63) is 29.8 Å². The summed E-state index contributed by atoms with van der Waals surface area (Å²) in [7, 11) is 1.55. The molecular formula is C26H33N3O9. The highest BCUT2D eigenvalue weighted by Crippen LogP contribution is 2.49. The lowest BCUT2D eigenvalue weighted by Crippen LogP contribution is -2.55. The summed E-state index contributed by atoms with van der Waals surface area (Å²) >= 11 is 0. The number of rotatable bonds is 8. The van der Waals surface area contributed by atoms with E-state index in [9.17, 15) is 29.4 Å². The van der Waals surface area contributed by atoms with Gasteiger partial charge in [-0.2, -0.15) is 5.10 Å². The average molecular weight is 532 g/mol. The highest BCUT2D eigenvalue weighted by atomic mass is 16.6. The number of hydrogen-bond acceptors (Lipinski definition) is 10. The molecule has 4 rings (SSSR count). The third kappa shape index (κ3) is 5.65. The number of fused-ring (bicyclic) bond motifs is 3. The van der Waals surface area contributed by atoms with Crippen LogP contribution >= 0.6 is 0 Å². The van der Waals surface area contributed by atoms with E-state index in [0.717, 1.165) is 10.5 Å². The van der Waals surface area contributed by atoms with E-state index in [4.69, 9.17) is 14.2 Å². The molecule has 0 radical (unpaired) electrons. The number of carbonyl (C=O) groups excluding carboxylic acids is 4. The fraction of sp³-hybridized carbons (Fsp3) is 0.577. The maximum atomic E-state index is 13.3. The molecule has 1 heterocycles. The van der Waals surface area contributed by atoms with Crippen LogP contribution in [0.3, 0.4) is 0 Å². The Kier molecular flexibility index (Phi) is 8.62. The molecule has 0 spiro atoms. The number of benzene rings is 1. The van der Waals surface area contributed by atoms with Crippen molar-refractivity contribution in [2.24, 2.45) is 28.8 Å². The third-order valence-electron chi connectivity index (χ3n) is 7.54. The Morgan fingerprint density at radius 2 is 1.79 bits per heavy atom. The monoisotopic (exact) mass is 531 g/mol. The van der Waals surface area contributed by atoms with Crippen molar-refractivity contribution in [3.8, 4) is 5.75 Å². The van der Waals surface area contributed by atoms with Crippen LogP contribution in [0.15, 0.2) is 29.4 Å². The second-order valence-corrected chi connectivity index (χ2v) is 9.68. The van der Waals surface area contributed by atoms with Gasteiger partial charge in [0.2, 0.25) is 11.8 Å². The number of methoxy groups -OCH3 is 1. The minimum atomic E-state index is -1.24. The van der Waals surface area contributed by atoms with Crippen LogP contribution in [0.1, 0.15) is 38.2 Å². The number of likely N-dealkylation sites (tertiary alicyclic amines) is 1. The number of nitrogens with one attached hydrogen (secondary N) is 1. The lowest BCUT2D eigenvalue weighted by atomic mass is 9.60. The van der Waals surface area contributed by atoms with Crippen molar-refractivity contribution in [1.29, 1.82) is 0 Å². The van der Waals surface area contributed by atoms with Crippen LogP contribution in [0.25, 0.3) is 0 Å². The summed E-state index contributed by atoms with van der Waals surface area (Å²) in [6, 6.07) is 7.01. The molecule has 2 saturated carbocycles. The normalized spacial score (nSPS) is 29.5. The van der Waals surface area contributed by atoms with E-state index in [0.29, 0.717) is 24.3 Å². The van der Waals surface area contributed by atoms with Gasteiger partial charge in [0.15, 0.2) is 0 Å². The van der Waals surface area contributed by atoms with E-state index in [1.807, 2.05) is 0 Å². The summed E-state index contributed by atoms with van der Waals surface area (Å²) < 4.78 is 15.2. The summed E-state index contributed by atoms with van der Waals surface area (Å²) in [5.74, 6) is -3.34. The maximum absolute atomic E-state index is 13.3. The van der Waals surface area contributed by atoms with Gasteiger partial charge in [0, 0.05) is 30.5 Å². The van der Waals surface area contributed by atoms with Crippen molar-refractivity contribution in [3.63, 3.8) is 0 Å². The molecule has 1 aliphatic heterocycles. The molecule has 12 nitrogen and oxygen atoms in total. The van der Waals surface area contributed by atoms with Gasteiger partial charge in [0.25, 0.3) is 0 Å². The van der Waals surface area contributed by atoms with Crippen LogP contribution in [0.4, 0.5) is 4.79 Å². The Labute approximate surface area is 219 Å². The SMILES string of the molecule is CCOC(=O)CCN1C(=O)[C@@H]2[C@H]3[C@H](O)[C@H](O)CC(=NNC(=O)OCc4ccc(OC)cc4)[C@H]3CC[C@H]2C1=O. The zero-order valence-electron chi connectivity index (χ0n) is 21.4. The van der Waals surface area contributed by atoms with Crippen LogP contribution < -0.4 is 10.2 Å². The zero-order valence-corrected chi connectivity index (χ0v) is 21.4. The standard InChI is InChI=1S/C26H33N3O9/c1-3-37-20(31)10-11-29-24(33)17-9-8-16-18(12-19(30)23(32)21(16)22(17)25(29)34)27-28-26(35)38-13-14-4-6-15(36-2)7-5-14/h4-7,16-17,19,21-23,30,32H,3,8-13H2,1-2H3,(H,28,35)/t16-,17-,19-,21+,22+,23-/m1/s1. The molecule has 1 saturated heterocycles. The number of amides is 3. The van der Waals surface area contributed by atoms with Gasteiger partial charge in [0.1, 0.15) is 12.4 Å². The Balaban J connectivity index is 1.42. The van der Waals surface area contributed by atoms with Crippen LogP contribution in [-0.2, 0) is 30.5 Å². The molecule has 3 amide bonds. The molecule has 0 unspecified atom stereocenters. The van der Waals surface area contributed by atoms with E-state index in [-0.39, 0.29) is 38.5 Å². The first-order valence-corrected chi connectivity index (χ1v) is 12.7. The Bertz CT molecular complexity index is 1090. The van der Waals surface area contributed by atoms with Gasteiger partial charge in [-0.25, -0.2) is 10.2 Å². The number of aliphatic hydroxyl groups excluding tert-OH is 2. The largest absolute Gasteiger partial charge is 0.497 e. The first kappa shape index (κ1) is 27.5. The van der Waals surface area contributed by atoms with Gasteiger partial charge in [-0.1, -0.05) is 12.1 Å². The Hall–Kier alpha value is -3.51. The number of hydrazone groups is 1. The van der Waals surface area contributed by atoms with E-state index < -0.39 is 53.8 Å². The molecule has 3 N–H and O–H groups in total. The number of hydrogen-bond donors (Lipinski definition) is 3. The molecule has 1 aromatic rings. The Morgan fingerprint density at radius 1 is 1.08 bits per heavy atom. The number of imide groups is 1. The summed E-state index contributed by atoms with van der Waals surface area (Å²) in [6.07, 6.45) is -2.53. The highest BCUT2D eigenvalue weighted by Gasteiger charge is 2.59. The van der Waals surface area contributed by atoms with Gasteiger partial charge < -0.3 is 24.4 Å². The molecule has 12 heteroatoms. The molecule has 0 bridgehead atoms. The van der Waals surface area contributed by atoms with E-state index >= 15 is 0 Å². The molecule has 38 heavy (non-hydrogen) atoms. The van der Waals surface area contributed by atoms with E-state index in [1.165, 1.54) is 0 Å². The second-order valence-electron chi connectivity index (χ2n) is 9.68. The fourth-order valence-electron chi connectivity index (χ4n) is 5.74. The highest BCUT2D eigenvalue weighted by molar-refractivity contribution is 6.06. The first-order valence-electron chi connectivity index (χ1n) is 12.7. The molecule has 3 aliphatic rings. The molecule has 0 aromatic heterocycles. The van der Waals surface area contributed by atoms with Gasteiger partial charge in [-0.15, -0.1) is 0 Å². The minimum Gasteiger partial charge on any atom is -0.497 e. The van der Waals surface area contributed by atoms with Gasteiger partial charge in [-0.3, -0.25) is 19.3 Å². The van der Waals surface area contributed by atoms with Crippen molar-refractivity contribution in [1.82, 2.24) is 10.3 Å². The second kappa shape index (κ2) is 11.9. The predicted molar refractivity (Wildman–Crippen MR) is 132 cm³/mol. The molecule has 3 fully saturated rings. The zero-order chi connectivity index (χ0) is 27.4. The van der Waals surface area contributed by atoms with E-state index in [2.05, 4.69) is 10.5 Å². The van der Waals surface area contributed by atoms with Gasteiger partial charge in [0.05, 0.1) is 44.2 Å². The van der Waals surface area contributed by atoms with Gasteiger partial charge >= 0.3 is 12.1 Å². The van der Waals surface area contributed by atoms with E-state index in [1.54, 1.807) is 38.3 Å². The van der Waals surface area contributed by atoms with Crippen molar-refractivity contribution in [2.45, 2.75) is 51.4 Å². The molecule has 206 valence electrons. The lowest BCUT2D eigenvalue weighted by molar-refractivity contribution is -0.145. The predicted octanol–water partition coefficient (Wildman–Crippen LogP) is 0.984. The van der Waals surface area contributed by atoms with Crippen molar-refractivity contribution < 1.29 is 43.6 Å². The lowest BCUT2D eigenvalue weighted by Gasteiger charge is -2.45. The Morgan fingerprint density at radius 3 is 2.47 bits per heavy atom. The number of esters is 1. The quantitative estimate of drug-likeness (QED) is 0.252. The summed E-state index contributed by atoms with van der Waals surface area (Å²) in [5.41, 5.74) is 3.52. The summed E-state index contributed by atoms with van der Waals surface area (Å²) in [4.78, 5) is 51.4. The first-order chi connectivity index (χ1) is 18.2. The van der Waals surface area contributed by atoms with Gasteiger partial charge in [-0.05, 0) is 37.5 Å². The maximum Gasteiger partial charge on any atom is 0.428 e. The topological polar surface area (TPSA) is 164 Å². The van der Waals surface area contributed by atoms with Crippen LogP contribution in [0.5, 0.6) is 5.75 Å².